The number of anilines is 1. The number of hydroxylamine groups is 1. The van der Waals surface area contributed by atoms with E-state index in [1.807, 2.05) is 6.92 Å². The first-order chi connectivity index (χ1) is 15.2. The first kappa shape index (κ1) is 22.0. The lowest BCUT2D eigenvalue weighted by Crippen LogP contribution is -2.60. The standard InChI is InChI=1S/C18H17BrF3N7O3/c1-2-3-6-9-27-13-11(24-16(19)25-13)14(30)28-12(10-7-4-5-8-23-10)26-29(17(27)28)32-15(31)18(20,21)22/h4-5,7-8,17H,2-3,6,9H2,1H3,(H,24,25). The van der Waals surface area contributed by atoms with Crippen LogP contribution in [0.5, 0.6) is 0 Å². The van der Waals surface area contributed by atoms with Crippen LogP contribution in [-0.2, 0) is 9.63 Å². The van der Waals surface area contributed by atoms with Gasteiger partial charge in [0.05, 0.1) is 0 Å². The van der Waals surface area contributed by atoms with Crippen molar-refractivity contribution >= 4 is 39.5 Å². The van der Waals surface area contributed by atoms with Crippen molar-refractivity contribution in [1.29, 1.82) is 0 Å². The highest BCUT2D eigenvalue weighted by Gasteiger charge is 2.53. The van der Waals surface area contributed by atoms with E-state index in [0.717, 1.165) is 17.7 Å². The highest BCUT2D eigenvalue weighted by molar-refractivity contribution is 9.10. The molecule has 32 heavy (non-hydrogen) atoms. The molecule has 10 nitrogen and oxygen atoms in total. The van der Waals surface area contributed by atoms with Crippen molar-refractivity contribution in [2.45, 2.75) is 38.7 Å². The fourth-order valence-electron chi connectivity index (χ4n) is 3.41. The van der Waals surface area contributed by atoms with Crippen LogP contribution < -0.4 is 4.90 Å². The number of hydrazone groups is 1. The van der Waals surface area contributed by atoms with Crippen molar-refractivity contribution < 1.29 is 27.6 Å². The Kier molecular flexibility index (Phi) is 5.79. The molecular weight excluding hydrogens is 499 g/mol. The van der Waals surface area contributed by atoms with Gasteiger partial charge < -0.3 is 14.7 Å². The fourth-order valence-corrected chi connectivity index (χ4v) is 3.78. The van der Waals surface area contributed by atoms with Crippen LogP contribution in [0, 0.1) is 0 Å². The number of imidazole rings is 1. The van der Waals surface area contributed by atoms with Crippen LogP contribution in [0.4, 0.5) is 19.0 Å². The van der Waals surface area contributed by atoms with Gasteiger partial charge in [-0.2, -0.15) is 13.2 Å². The number of unbranched alkanes of at least 4 members (excludes halogenated alkanes) is 2. The molecule has 1 unspecified atom stereocenters. The molecule has 170 valence electrons. The number of aromatic nitrogens is 3. The zero-order valence-electron chi connectivity index (χ0n) is 16.6. The molecular formula is C18H17BrF3N7O3. The van der Waals surface area contributed by atoms with Crippen LogP contribution in [-0.4, -0.2) is 61.7 Å². The van der Waals surface area contributed by atoms with Gasteiger partial charge in [0.2, 0.25) is 6.29 Å². The van der Waals surface area contributed by atoms with Crippen molar-refractivity contribution in [3.05, 3.63) is 40.5 Å². The van der Waals surface area contributed by atoms with E-state index in [9.17, 15) is 22.8 Å². The maximum Gasteiger partial charge on any atom is 0.493 e. The van der Waals surface area contributed by atoms with Gasteiger partial charge in [0, 0.05) is 12.7 Å². The topological polar surface area (TPSA) is 107 Å². The van der Waals surface area contributed by atoms with Crippen LogP contribution in [0.1, 0.15) is 42.4 Å². The number of pyridine rings is 1. The Bertz CT molecular complexity index is 1060. The van der Waals surface area contributed by atoms with Gasteiger partial charge in [0.15, 0.2) is 16.4 Å². The number of carbonyl (C=O) groups excluding carboxylic acids is 2. The molecule has 0 aromatic carbocycles. The summed E-state index contributed by atoms with van der Waals surface area (Å²) >= 11 is 3.20. The number of H-pyrrole nitrogens is 1. The second-order valence-corrected chi connectivity index (χ2v) is 7.72. The van der Waals surface area contributed by atoms with Crippen molar-refractivity contribution in [3.63, 3.8) is 0 Å². The van der Waals surface area contributed by atoms with E-state index in [4.69, 9.17) is 0 Å². The Morgan fingerprint density at radius 1 is 1.31 bits per heavy atom. The summed E-state index contributed by atoms with van der Waals surface area (Å²) in [4.78, 5) is 43.4. The van der Waals surface area contributed by atoms with Crippen molar-refractivity contribution in [1.82, 2.24) is 25.0 Å². The van der Waals surface area contributed by atoms with Gasteiger partial charge in [0.1, 0.15) is 11.4 Å². The number of halogens is 4. The Hall–Kier alpha value is -3.16. The number of carbonyl (C=O) groups is 2. The number of hydrogen-bond donors (Lipinski definition) is 1. The highest BCUT2D eigenvalue weighted by atomic mass is 79.9. The van der Waals surface area contributed by atoms with Gasteiger partial charge in [-0.3, -0.25) is 9.78 Å². The molecule has 0 radical (unpaired) electrons. The lowest BCUT2D eigenvalue weighted by molar-refractivity contribution is -0.249. The van der Waals surface area contributed by atoms with Crippen molar-refractivity contribution in [2.24, 2.45) is 5.10 Å². The van der Waals surface area contributed by atoms with E-state index in [1.165, 1.54) is 12.3 Å². The summed E-state index contributed by atoms with van der Waals surface area (Å²) in [7, 11) is 0. The van der Waals surface area contributed by atoms with Gasteiger partial charge in [-0.25, -0.2) is 14.7 Å². The maximum atomic E-state index is 13.3. The molecule has 1 atom stereocenters. The van der Waals surface area contributed by atoms with Gasteiger partial charge in [-0.1, -0.05) is 31.0 Å². The second kappa shape index (κ2) is 8.41. The molecule has 0 aliphatic carbocycles. The third-order valence-corrected chi connectivity index (χ3v) is 5.17. The van der Waals surface area contributed by atoms with E-state index in [0.29, 0.717) is 18.1 Å². The maximum absolute atomic E-state index is 13.3. The average molecular weight is 516 g/mol. The summed E-state index contributed by atoms with van der Waals surface area (Å²) < 4.78 is 39.1. The van der Waals surface area contributed by atoms with Crippen LogP contribution >= 0.6 is 15.9 Å². The van der Waals surface area contributed by atoms with Gasteiger partial charge in [0.25, 0.3) is 5.91 Å². The molecule has 2 aliphatic heterocycles. The molecule has 0 bridgehead atoms. The Balaban J connectivity index is 1.80. The van der Waals surface area contributed by atoms with E-state index >= 15 is 0 Å². The number of fused-ring (bicyclic) bond motifs is 2. The summed E-state index contributed by atoms with van der Waals surface area (Å²) in [5.41, 5.74) is 0.337. The lowest BCUT2D eigenvalue weighted by Gasteiger charge is -2.40. The number of nitrogens with one attached hydrogen (secondary N) is 1. The monoisotopic (exact) mass is 515 g/mol. The highest BCUT2D eigenvalue weighted by Crippen LogP contribution is 2.37. The minimum atomic E-state index is -5.25. The lowest BCUT2D eigenvalue weighted by atomic mass is 10.2. The van der Waals surface area contributed by atoms with E-state index in [2.05, 4.69) is 40.8 Å². The first-order valence-corrected chi connectivity index (χ1v) is 10.5. The molecule has 2 aromatic heterocycles. The molecule has 4 rings (SSSR count). The van der Waals surface area contributed by atoms with Crippen molar-refractivity contribution in [3.8, 4) is 0 Å². The third-order valence-electron chi connectivity index (χ3n) is 4.79. The van der Waals surface area contributed by atoms with Crippen LogP contribution in [0.25, 0.3) is 0 Å². The number of alkyl halides is 3. The number of hydrogen-bond acceptors (Lipinski definition) is 8. The number of amides is 1. The molecule has 1 amide bonds. The zero-order chi connectivity index (χ0) is 23.0. The van der Waals surface area contributed by atoms with Crippen LogP contribution in [0.15, 0.2) is 34.2 Å². The van der Waals surface area contributed by atoms with Crippen LogP contribution in [0.3, 0.4) is 0 Å². The first-order valence-electron chi connectivity index (χ1n) is 9.66. The smallest absolute Gasteiger partial charge is 0.327 e. The van der Waals surface area contributed by atoms with Crippen molar-refractivity contribution in [2.75, 3.05) is 11.4 Å². The van der Waals surface area contributed by atoms with E-state index < -0.39 is 24.3 Å². The number of aromatic amines is 1. The van der Waals surface area contributed by atoms with Crippen LogP contribution in [0.2, 0.25) is 0 Å². The number of amidine groups is 1. The minimum Gasteiger partial charge on any atom is -0.327 e. The molecule has 0 saturated carbocycles. The fraction of sp³-hybridized carbons (Fsp3) is 0.389. The SMILES string of the molecule is CCCCCN1c2nc(Br)[nH]c2C(=O)N2C(c3ccccn3)=NN(OC(=O)C(F)(F)F)C21. The quantitative estimate of drug-likeness (QED) is 0.589. The molecule has 0 spiro atoms. The summed E-state index contributed by atoms with van der Waals surface area (Å²) in [6, 6.07) is 4.81. The minimum absolute atomic E-state index is 0.0626. The molecule has 0 fully saturated rings. The van der Waals surface area contributed by atoms with Gasteiger partial charge in [-0.15, -0.1) is 5.10 Å². The summed E-state index contributed by atoms with van der Waals surface area (Å²) in [5.74, 6) is -2.92. The number of nitrogens with zero attached hydrogens (tertiary/aromatic N) is 6. The Labute approximate surface area is 188 Å². The third kappa shape index (κ3) is 3.89. The normalized spacial score (nSPS) is 17.9. The predicted octanol–water partition coefficient (Wildman–Crippen LogP) is 3.00. The van der Waals surface area contributed by atoms with Gasteiger partial charge in [-0.05, 0) is 34.5 Å². The summed E-state index contributed by atoms with van der Waals surface area (Å²) in [6.45, 7) is 2.32. The molecule has 14 heteroatoms. The molecule has 4 heterocycles. The molecule has 2 aliphatic rings. The summed E-state index contributed by atoms with van der Waals surface area (Å²) in [5, 5.41) is 4.51. The van der Waals surface area contributed by atoms with Gasteiger partial charge >= 0.3 is 12.1 Å². The summed E-state index contributed by atoms with van der Waals surface area (Å²) in [6.07, 6.45) is -2.73. The predicted molar refractivity (Wildman–Crippen MR) is 108 cm³/mol. The van der Waals surface area contributed by atoms with E-state index in [1.54, 1.807) is 17.0 Å². The molecule has 0 saturated heterocycles. The number of rotatable bonds is 6. The largest absolute Gasteiger partial charge is 0.493 e. The molecule has 1 N–H and O–H groups in total. The van der Waals surface area contributed by atoms with E-state index in [-0.39, 0.29) is 27.8 Å². The molecule has 2 aromatic rings. The second-order valence-electron chi connectivity index (χ2n) is 6.97. The average Bonchev–Trinajstić information content (AvgIpc) is 3.32. The Morgan fingerprint density at radius 3 is 2.75 bits per heavy atom. The zero-order valence-corrected chi connectivity index (χ0v) is 18.2. The Morgan fingerprint density at radius 2 is 2.09 bits per heavy atom.